The van der Waals surface area contributed by atoms with Gasteiger partial charge in [0.2, 0.25) is 0 Å². The average molecular weight is 250 g/mol. The van der Waals surface area contributed by atoms with E-state index in [2.05, 4.69) is 30.1 Å². The molecule has 102 valence electrons. The number of nitrogens with one attached hydrogen (secondary N) is 1. The van der Waals surface area contributed by atoms with Crippen LogP contribution in [-0.2, 0) is 6.42 Å². The molecule has 1 aromatic rings. The number of nitrogens with zero attached hydrogens (tertiary/aromatic N) is 1. The first-order chi connectivity index (χ1) is 8.79. The minimum Gasteiger partial charge on any atom is -0.469 e. The fourth-order valence-corrected chi connectivity index (χ4v) is 2.85. The molecule has 0 bridgehead atoms. The Hall–Kier alpha value is -0.800. The molecule has 1 saturated heterocycles. The minimum atomic E-state index is 0.650. The number of piperidine rings is 1. The van der Waals surface area contributed by atoms with Crippen LogP contribution >= 0.6 is 0 Å². The summed E-state index contributed by atoms with van der Waals surface area (Å²) in [5.74, 6) is 1.11. The molecule has 0 amide bonds. The number of likely N-dealkylation sites (N-methyl/N-ethyl adjacent to an activating group) is 1. The first kappa shape index (κ1) is 13.6. The summed E-state index contributed by atoms with van der Waals surface area (Å²) < 4.78 is 5.40. The first-order valence-corrected chi connectivity index (χ1v) is 7.29. The van der Waals surface area contributed by atoms with E-state index in [1.807, 2.05) is 6.07 Å². The highest BCUT2D eigenvalue weighted by atomic mass is 16.3. The molecule has 1 N–H and O–H groups in total. The van der Waals surface area contributed by atoms with Gasteiger partial charge in [-0.2, -0.15) is 0 Å². The van der Waals surface area contributed by atoms with Gasteiger partial charge in [-0.15, -0.1) is 0 Å². The summed E-state index contributed by atoms with van der Waals surface area (Å²) in [5.41, 5.74) is 0. The summed E-state index contributed by atoms with van der Waals surface area (Å²) in [6.45, 7) is 8.07. The maximum Gasteiger partial charge on any atom is 0.103 e. The minimum absolute atomic E-state index is 0.650. The lowest BCUT2D eigenvalue weighted by molar-refractivity contribution is 0.139. The molecule has 3 nitrogen and oxygen atoms in total. The molecule has 0 spiro atoms. The number of rotatable bonds is 6. The maximum absolute atomic E-state index is 5.40. The summed E-state index contributed by atoms with van der Waals surface area (Å²) in [6, 6.07) is 5.39. The summed E-state index contributed by atoms with van der Waals surface area (Å²) in [5, 5.41) is 3.58. The fourth-order valence-electron chi connectivity index (χ4n) is 2.85. The molecule has 1 aromatic heterocycles. The first-order valence-electron chi connectivity index (χ1n) is 7.29. The Bertz CT molecular complexity index is 321. The molecule has 18 heavy (non-hydrogen) atoms. The highest BCUT2D eigenvalue weighted by Crippen LogP contribution is 2.16. The van der Waals surface area contributed by atoms with Gasteiger partial charge in [0.05, 0.1) is 6.26 Å². The number of furan rings is 1. The van der Waals surface area contributed by atoms with E-state index in [4.69, 9.17) is 4.42 Å². The SMILES string of the molecule is CCNC1CCCN(C(C)CCc2ccco2)C1. The molecule has 1 fully saturated rings. The highest BCUT2D eigenvalue weighted by molar-refractivity contribution is 4.98. The van der Waals surface area contributed by atoms with Crippen molar-refractivity contribution in [2.24, 2.45) is 0 Å². The van der Waals surface area contributed by atoms with Crippen molar-refractivity contribution in [1.29, 1.82) is 0 Å². The predicted octanol–water partition coefficient (Wildman–Crippen LogP) is 2.67. The highest BCUT2D eigenvalue weighted by Gasteiger charge is 2.22. The van der Waals surface area contributed by atoms with Gasteiger partial charge < -0.3 is 9.73 Å². The zero-order chi connectivity index (χ0) is 12.8. The van der Waals surface area contributed by atoms with E-state index < -0.39 is 0 Å². The van der Waals surface area contributed by atoms with Gasteiger partial charge in [0.1, 0.15) is 5.76 Å². The van der Waals surface area contributed by atoms with Crippen LogP contribution in [-0.4, -0.2) is 36.6 Å². The van der Waals surface area contributed by atoms with Gasteiger partial charge in [0, 0.05) is 25.0 Å². The van der Waals surface area contributed by atoms with Crippen LogP contribution in [0, 0.1) is 0 Å². The van der Waals surface area contributed by atoms with Crippen LogP contribution < -0.4 is 5.32 Å². The summed E-state index contributed by atoms with van der Waals surface area (Å²) in [6.07, 6.45) is 6.66. The molecular formula is C15H26N2O. The van der Waals surface area contributed by atoms with Crippen LogP contribution in [0.4, 0.5) is 0 Å². The Kier molecular flexibility index (Phi) is 5.26. The molecule has 0 aliphatic carbocycles. The van der Waals surface area contributed by atoms with Crippen molar-refractivity contribution < 1.29 is 4.42 Å². The molecule has 2 atom stereocenters. The van der Waals surface area contributed by atoms with Gasteiger partial charge in [0.15, 0.2) is 0 Å². The summed E-state index contributed by atoms with van der Waals surface area (Å²) >= 11 is 0. The van der Waals surface area contributed by atoms with Crippen molar-refractivity contribution in [3.63, 3.8) is 0 Å². The lowest BCUT2D eigenvalue weighted by atomic mass is 10.0. The Balaban J connectivity index is 1.75. The monoisotopic (exact) mass is 250 g/mol. The smallest absolute Gasteiger partial charge is 0.103 e. The van der Waals surface area contributed by atoms with E-state index in [-0.39, 0.29) is 0 Å². The van der Waals surface area contributed by atoms with Gasteiger partial charge in [-0.25, -0.2) is 0 Å². The molecule has 3 heteroatoms. The van der Waals surface area contributed by atoms with Crippen molar-refractivity contribution in [2.75, 3.05) is 19.6 Å². The number of hydrogen-bond acceptors (Lipinski definition) is 3. The molecule has 2 rings (SSSR count). The lowest BCUT2D eigenvalue weighted by Gasteiger charge is -2.37. The predicted molar refractivity (Wildman–Crippen MR) is 74.8 cm³/mol. The second-order valence-corrected chi connectivity index (χ2v) is 5.36. The van der Waals surface area contributed by atoms with Crippen LogP contribution in [0.15, 0.2) is 22.8 Å². The number of aryl methyl sites for hydroxylation is 1. The second-order valence-electron chi connectivity index (χ2n) is 5.36. The van der Waals surface area contributed by atoms with Crippen LogP contribution in [0.5, 0.6) is 0 Å². The lowest BCUT2D eigenvalue weighted by Crippen LogP contribution is -2.48. The van der Waals surface area contributed by atoms with Crippen molar-refractivity contribution in [3.8, 4) is 0 Å². The zero-order valence-electron chi connectivity index (χ0n) is 11.7. The van der Waals surface area contributed by atoms with Gasteiger partial charge in [-0.3, -0.25) is 4.90 Å². The second kappa shape index (κ2) is 6.95. The van der Waals surface area contributed by atoms with E-state index in [1.54, 1.807) is 6.26 Å². The quantitative estimate of drug-likeness (QED) is 0.841. The van der Waals surface area contributed by atoms with Crippen LogP contribution in [0.2, 0.25) is 0 Å². The van der Waals surface area contributed by atoms with E-state index in [0.717, 1.165) is 18.7 Å². The van der Waals surface area contributed by atoms with E-state index >= 15 is 0 Å². The maximum atomic E-state index is 5.40. The van der Waals surface area contributed by atoms with E-state index in [9.17, 15) is 0 Å². The van der Waals surface area contributed by atoms with Crippen molar-refractivity contribution in [3.05, 3.63) is 24.2 Å². The third-order valence-corrected chi connectivity index (χ3v) is 3.96. The Labute approximate surface area is 111 Å². The fraction of sp³-hybridized carbons (Fsp3) is 0.733. The number of hydrogen-bond donors (Lipinski definition) is 1. The molecule has 0 saturated carbocycles. The van der Waals surface area contributed by atoms with Crippen molar-refractivity contribution >= 4 is 0 Å². The standard InChI is InChI=1S/C15H26N2O/c1-3-16-14-6-4-10-17(12-14)13(2)8-9-15-7-5-11-18-15/h5,7,11,13-14,16H,3-4,6,8-10,12H2,1-2H3. The van der Waals surface area contributed by atoms with Crippen molar-refractivity contribution in [2.45, 2.75) is 51.6 Å². The Morgan fingerprint density at radius 2 is 2.44 bits per heavy atom. The van der Waals surface area contributed by atoms with Crippen molar-refractivity contribution in [1.82, 2.24) is 10.2 Å². The Morgan fingerprint density at radius 3 is 3.17 bits per heavy atom. The van der Waals surface area contributed by atoms with Crippen LogP contribution in [0.3, 0.4) is 0 Å². The van der Waals surface area contributed by atoms with Crippen LogP contribution in [0.25, 0.3) is 0 Å². The van der Waals surface area contributed by atoms with Gasteiger partial charge in [-0.1, -0.05) is 6.92 Å². The van der Waals surface area contributed by atoms with E-state index in [1.165, 1.54) is 32.4 Å². The molecule has 2 unspecified atom stereocenters. The largest absolute Gasteiger partial charge is 0.469 e. The van der Waals surface area contributed by atoms with Gasteiger partial charge >= 0.3 is 0 Å². The zero-order valence-corrected chi connectivity index (χ0v) is 11.7. The van der Waals surface area contributed by atoms with Gasteiger partial charge in [-0.05, 0) is 51.4 Å². The number of likely N-dealkylation sites (tertiary alicyclic amines) is 1. The summed E-state index contributed by atoms with van der Waals surface area (Å²) in [4.78, 5) is 2.62. The van der Waals surface area contributed by atoms with Crippen LogP contribution in [0.1, 0.15) is 38.9 Å². The van der Waals surface area contributed by atoms with E-state index in [0.29, 0.717) is 12.1 Å². The molecule has 0 aromatic carbocycles. The molecule has 2 heterocycles. The third-order valence-electron chi connectivity index (χ3n) is 3.96. The molecule has 0 radical (unpaired) electrons. The van der Waals surface area contributed by atoms with Gasteiger partial charge in [0.25, 0.3) is 0 Å². The Morgan fingerprint density at radius 1 is 1.56 bits per heavy atom. The molecule has 1 aliphatic rings. The third kappa shape index (κ3) is 3.85. The molecular weight excluding hydrogens is 224 g/mol. The normalized spacial score (nSPS) is 23.1. The summed E-state index contributed by atoms with van der Waals surface area (Å²) in [7, 11) is 0. The topological polar surface area (TPSA) is 28.4 Å². The molecule has 1 aliphatic heterocycles. The average Bonchev–Trinajstić information content (AvgIpc) is 2.90.